The van der Waals surface area contributed by atoms with E-state index in [2.05, 4.69) is 10.1 Å². The largest absolute Gasteiger partial charge is 0.444 e. The molecule has 2 aliphatic rings. The fourth-order valence-corrected chi connectivity index (χ4v) is 5.37. The van der Waals surface area contributed by atoms with E-state index in [1.54, 1.807) is 16.9 Å². The summed E-state index contributed by atoms with van der Waals surface area (Å²) in [4.78, 5) is 35.1. The highest BCUT2D eigenvalue weighted by molar-refractivity contribution is 6.00. The number of likely N-dealkylation sites (tertiary alicyclic amines) is 2. The molecule has 35 heavy (non-hydrogen) atoms. The molecule has 0 bridgehead atoms. The van der Waals surface area contributed by atoms with Gasteiger partial charge in [0.2, 0.25) is 0 Å². The highest BCUT2D eigenvalue weighted by Gasteiger charge is 2.42. The zero-order valence-corrected chi connectivity index (χ0v) is 20.7. The van der Waals surface area contributed by atoms with Crippen molar-refractivity contribution in [1.29, 1.82) is 0 Å². The van der Waals surface area contributed by atoms with Gasteiger partial charge in [-0.25, -0.2) is 14.3 Å². The molecule has 1 aromatic carbocycles. The van der Waals surface area contributed by atoms with Crippen LogP contribution in [0, 0.1) is 0 Å². The number of fused-ring (bicyclic) bond motifs is 1. The van der Waals surface area contributed by atoms with Crippen molar-refractivity contribution in [2.24, 2.45) is 0 Å². The smallest absolute Gasteiger partial charge is 0.410 e. The second-order valence-electron chi connectivity index (χ2n) is 10.4. The fourth-order valence-electron chi connectivity index (χ4n) is 5.37. The Morgan fingerprint density at radius 1 is 0.943 bits per heavy atom. The van der Waals surface area contributed by atoms with Gasteiger partial charge in [-0.2, -0.15) is 5.10 Å². The van der Waals surface area contributed by atoms with Crippen LogP contribution in [0.15, 0.2) is 48.8 Å². The number of ether oxygens (including phenoxy) is 1. The topological polar surface area (TPSA) is 80.0 Å². The summed E-state index contributed by atoms with van der Waals surface area (Å²) in [6, 6.07) is 11.8. The molecule has 8 nitrogen and oxygen atoms in total. The maximum absolute atomic E-state index is 13.9. The van der Waals surface area contributed by atoms with Crippen LogP contribution in [0.4, 0.5) is 4.79 Å². The van der Waals surface area contributed by atoms with Crippen LogP contribution in [0.2, 0.25) is 0 Å². The number of rotatable bonds is 3. The number of aromatic nitrogens is 3. The molecule has 3 aromatic rings. The summed E-state index contributed by atoms with van der Waals surface area (Å²) in [6.07, 6.45) is 7.72. The first kappa shape index (κ1) is 23.3. The summed E-state index contributed by atoms with van der Waals surface area (Å²) in [5.74, 6) is -0.0709. The number of nitrogens with zero attached hydrogens (tertiary/aromatic N) is 5. The Hall–Kier alpha value is -3.42. The zero-order chi connectivity index (χ0) is 24.6. The van der Waals surface area contributed by atoms with Crippen LogP contribution in [0.5, 0.6) is 0 Å². The zero-order valence-electron chi connectivity index (χ0n) is 20.7. The van der Waals surface area contributed by atoms with E-state index in [0.717, 1.165) is 43.4 Å². The molecule has 0 radical (unpaired) electrons. The Balaban J connectivity index is 1.44. The van der Waals surface area contributed by atoms with E-state index in [1.165, 1.54) is 0 Å². The van der Waals surface area contributed by atoms with Crippen molar-refractivity contribution in [3.63, 3.8) is 0 Å². The third-order valence-electron chi connectivity index (χ3n) is 6.88. The second-order valence-corrected chi connectivity index (χ2v) is 10.4. The van der Waals surface area contributed by atoms with Crippen LogP contribution in [0.1, 0.15) is 63.2 Å². The molecule has 2 amide bonds. The Kier molecular flexibility index (Phi) is 6.21. The molecule has 8 heteroatoms. The van der Waals surface area contributed by atoms with Crippen LogP contribution >= 0.6 is 0 Å². The lowest BCUT2D eigenvalue weighted by molar-refractivity contribution is 0.00768. The number of carbonyl (C=O) groups excluding carboxylic acids is 2. The van der Waals surface area contributed by atoms with Crippen molar-refractivity contribution in [3.8, 4) is 11.3 Å². The molecule has 2 aromatic heterocycles. The molecule has 5 rings (SSSR count). The summed E-state index contributed by atoms with van der Waals surface area (Å²) in [6.45, 7) is 6.98. The predicted molar refractivity (Wildman–Crippen MR) is 133 cm³/mol. The predicted octanol–water partition coefficient (Wildman–Crippen LogP) is 4.79. The van der Waals surface area contributed by atoms with E-state index in [4.69, 9.17) is 4.74 Å². The number of piperidine rings is 1. The van der Waals surface area contributed by atoms with E-state index in [0.29, 0.717) is 24.3 Å². The van der Waals surface area contributed by atoms with Gasteiger partial charge >= 0.3 is 6.09 Å². The van der Waals surface area contributed by atoms with Gasteiger partial charge in [0, 0.05) is 24.8 Å². The lowest BCUT2D eigenvalue weighted by Gasteiger charge is -2.42. The molecule has 0 spiro atoms. The van der Waals surface area contributed by atoms with Gasteiger partial charge in [-0.15, -0.1) is 0 Å². The number of hydrogen-bond donors (Lipinski definition) is 0. The van der Waals surface area contributed by atoms with Crippen molar-refractivity contribution in [2.75, 3.05) is 13.1 Å². The molecular weight excluding hydrogens is 442 g/mol. The minimum Gasteiger partial charge on any atom is -0.444 e. The standard InChI is InChI=1S/C27H33N5O3/c1-27(2,3)35-26(34)31-17-9-13-23(31)22-12-7-8-16-30(22)25(33)20-18-29-32-21(14-15-28-24(20)32)19-10-5-4-6-11-19/h4-6,10-11,14-15,18,22-23H,7-9,12-13,16-17H2,1-3H3/t22-,23-/m0/s1. The van der Waals surface area contributed by atoms with E-state index < -0.39 is 5.60 Å². The average Bonchev–Trinajstić information content (AvgIpc) is 3.51. The molecule has 0 aliphatic carbocycles. The van der Waals surface area contributed by atoms with Crippen molar-refractivity contribution in [1.82, 2.24) is 24.4 Å². The van der Waals surface area contributed by atoms with Crippen LogP contribution in [-0.4, -0.2) is 67.2 Å². The molecule has 4 heterocycles. The summed E-state index contributed by atoms with van der Waals surface area (Å²) < 4.78 is 7.42. The van der Waals surface area contributed by atoms with Crippen LogP contribution in [0.25, 0.3) is 16.9 Å². The van der Waals surface area contributed by atoms with Gasteiger partial charge in [-0.3, -0.25) is 4.79 Å². The number of hydrogen-bond acceptors (Lipinski definition) is 5. The van der Waals surface area contributed by atoms with Gasteiger partial charge in [0.25, 0.3) is 5.91 Å². The number of amides is 2. The molecule has 2 saturated heterocycles. The van der Waals surface area contributed by atoms with E-state index >= 15 is 0 Å². The maximum atomic E-state index is 13.9. The molecule has 0 unspecified atom stereocenters. The molecule has 0 saturated carbocycles. The highest BCUT2D eigenvalue weighted by atomic mass is 16.6. The van der Waals surface area contributed by atoms with Crippen LogP contribution < -0.4 is 0 Å². The summed E-state index contributed by atoms with van der Waals surface area (Å²) in [5.41, 5.74) is 2.40. The molecule has 2 aliphatic heterocycles. The van der Waals surface area contributed by atoms with Crippen molar-refractivity contribution < 1.29 is 14.3 Å². The normalized spacial score (nSPS) is 20.9. The fraction of sp³-hybridized carbons (Fsp3) is 0.481. The summed E-state index contributed by atoms with van der Waals surface area (Å²) in [5, 5.41) is 4.54. The first-order chi connectivity index (χ1) is 16.8. The number of benzene rings is 1. The highest BCUT2D eigenvalue weighted by Crippen LogP contribution is 2.32. The van der Waals surface area contributed by atoms with Crippen LogP contribution in [0.3, 0.4) is 0 Å². The molecule has 2 fully saturated rings. The minimum atomic E-state index is -0.550. The van der Waals surface area contributed by atoms with E-state index in [-0.39, 0.29) is 24.1 Å². The maximum Gasteiger partial charge on any atom is 0.410 e. The molecule has 0 N–H and O–H groups in total. The lowest BCUT2D eigenvalue weighted by Crippen LogP contribution is -2.55. The Morgan fingerprint density at radius 2 is 1.66 bits per heavy atom. The molecule has 2 atom stereocenters. The SMILES string of the molecule is CC(C)(C)OC(=O)N1CCC[C@H]1[C@@H]1CCCCN1C(=O)c1cnn2c(-c3ccccc3)ccnc12. The second kappa shape index (κ2) is 9.32. The van der Waals surface area contributed by atoms with Crippen molar-refractivity contribution >= 4 is 17.6 Å². The Morgan fingerprint density at radius 3 is 2.43 bits per heavy atom. The third kappa shape index (κ3) is 4.61. The minimum absolute atomic E-state index is 0.0382. The van der Waals surface area contributed by atoms with Gasteiger partial charge < -0.3 is 14.5 Å². The van der Waals surface area contributed by atoms with Gasteiger partial charge in [-0.1, -0.05) is 30.3 Å². The van der Waals surface area contributed by atoms with Crippen LogP contribution in [-0.2, 0) is 4.74 Å². The van der Waals surface area contributed by atoms with E-state index in [9.17, 15) is 9.59 Å². The van der Waals surface area contributed by atoms with Gasteiger partial charge in [-0.05, 0) is 58.9 Å². The van der Waals surface area contributed by atoms with Crippen molar-refractivity contribution in [3.05, 3.63) is 54.4 Å². The first-order valence-electron chi connectivity index (χ1n) is 12.5. The summed E-state index contributed by atoms with van der Waals surface area (Å²) in [7, 11) is 0. The monoisotopic (exact) mass is 475 g/mol. The molecular formula is C27H33N5O3. The molecule has 184 valence electrons. The lowest BCUT2D eigenvalue weighted by atomic mass is 9.93. The Labute approximate surface area is 205 Å². The van der Waals surface area contributed by atoms with Gasteiger partial charge in [0.05, 0.1) is 24.0 Å². The third-order valence-corrected chi connectivity index (χ3v) is 6.88. The average molecular weight is 476 g/mol. The quantitative estimate of drug-likeness (QED) is 0.544. The van der Waals surface area contributed by atoms with Gasteiger partial charge in [0.15, 0.2) is 5.65 Å². The van der Waals surface area contributed by atoms with Gasteiger partial charge in [0.1, 0.15) is 11.2 Å². The Bertz CT molecular complexity index is 1220. The first-order valence-corrected chi connectivity index (χ1v) is 12.5. The number of carbonyl (C=O) groups is 2. The summed E-state index contributed by atoms with van der Waals surface area (Å²) >= 11 is 0. The van der Waals surface area contributed by atoms with E-state index in [1.807, 2.05) is 67.0 Å². The van der Waals surface area contributed by atoms with Crippen molar-refractivity contribution in [2.45, 2.75) is 70.6 Å².